The van der Waals surface area contributed by atoms with Gasteiger partial charge < -0.3 is 5.73 Å². The topological polar surface area (TPSA) is 38.0 Å². The van der Waals surface area contributed by atoms with Gasteiger partial charge in [0.2, 0.25) is 0 Å². The van der Waals surface area contributed by atoms with Gasteiger partial charge in [-0.2, -0.15) is 0 Å². The van der Waals surface area contributed by atoms with Crippen molar-refractivity contribution in [2.45, 2.75) is 11.3 Å². The zero-order valence-electron chi connectivity index (χ0n) is 6.99. The highest BCUT2D eigenvalue weighted by Gasteiger charge is 1.89. The van der Waals surface area contributed by atoms with Gasteiger partial charge in [0.15, 0.2) is 0 Å². The molecule has 0 radical (unpaired) electrons. The fraction of sp³-hybridized carbons (Fsp3) is 0.333. The van der Waals surface area contributed by atoms with Crippen LogP contribution in [0, 0.1) is 0 Å². The van der Waals surface area contributed by atoms with E-state index in [1.54, 1.807) is 11.9 Å². The number of hydrogen-bond donors (Lipinski definition) is 2. The summed E-state index contributed by atoms with van der Waals surface area (Å²) in [5.74, 6) is 0. The Kier molecular flexibility index (Phi) is 4.83. The van der Waals surface area contributed by atoms with Crippen molar-refractivity contribution in [2.24, 2.45) is 5.73 Å². The van der Waals surface area contributed by atoms with Crippen molar-refractivity contribution in [1.29, 1.82) is 0 Å². The maximum Gasteiger partial charge on any atom is 0.0228 e. The molecule has 0 amide bonds. The molecule has 66 valence electrons. The Labute approximate surface area is 77.7 Å². The van der Waals surface area contributed by atoms with Crippen LogP contribution in [-0.2, 0) is 0 Å². The fourth-order valence-electron chi connectivity index (χ4n) is 0.797. The molecule has 12 heavy (non-hydrogen) atoms. The molecule has 0 atom stereocenters. The third-order valence-electron chi connectivity index (χ3n) is 1.42. The summed E-state index contributed by atoms with van der Waals surface area (Å²) in [6.07, 6.45) is 1.03. The predicted octanol–water partition coefficient (Wildman–Crippen LogP) is 1.63. The number of nitrogens with two attached hydrogens (primary N) is 1. The Bertz CT molecular complexity index is 201. The highest BCUT2D eigenvalue weighted by atomic mass is 32.2. The minimum Gasteiger partial charge on any atom is -0.330 e. The Morgan fingerprint density at radius 3 is 2.67 bits per heavy atom. The van der Waals surface area contributed by atoms with Gasteiger partial charge >= 0.3 is 0 Å². The van der Waals surface area contributed by atoms with Gasteiger partial charge in [0.25, 0.3) is 0 Å². The molecule has 1 aromatic carbocycles. The average Bonchev–Trinajstić information content (AvgIpc) is 2.14. The maximum atomic E-state index is 5.36. The normalized spacial score (nSPS) is 10.1. The summed E-state index contributed by atoms with van der Waals surface area (Å²) in [5, 5.41) is 0. The third-order valence-corrected chi connectivity index (χ3v) is 2.27. The van der Waals surface area contributed by atoms with E-state index in [-0.39, 0.29) is 0 Å². The van der Waals surface area contributed by atoms with Crippen LogP contribution in [0.1, 0.15) is 6.42 Å². The molecular weight excluding hydrogens is 168 g/mol. The van der Waals surface area contributed by atoms with E-state index in [1.165, 1.54) is 4.90 Å². The lowest BCUT2D eigenvalue weighted by Gasteiger charge is -2.01. The first kappa shape index (κ1) is 9.58. The van der Waals surface area contributed by atoms with Crippen LogP contribution >= 0.6 is 11.9 Å². The van der Waals surface area contributed by atoms with Crippen molar-refractivity contribution in [3.63, 3.8) is 0 Å². The standard InChI is InChI=1S/C9H14N2S/c10-7-4-8-11-12-9-5-2-1-3-6-9/h1-3,5-6,11H,4,7-8,10H2. The van der Waals surface area contributed by atoms with E-state index >= 15 is 0 Å². The maximum absolute atomic E-state index is 5.36. The molecule has 0 spiro atoms. The van der Waals surface area contributed by atoms with Crippen LogP contribution < -0.4 is 10.5 Å². The summed E-state index contributed by atoms with van der Waals surface area (Å²) >= 11 is 1.65. The molecule has 3 N–H and O–H groups in total. The van der Waals surface area contributed by atoms with E-state index in [4.69, 9.17) is 5.73 Å². The lowest BCUT2D eigenvalue weighted by molar-refractivity contribution is 0.809. The van der Waals surface area contributed by atoms with E-state index < -0.39 is 0 Å². The van der Waals surface area contributed by atoms with Crippen LogP contribution in [0.4, 0.5) is 0 Å². The Morgan fingerprint density at radius 1 is 1.25 bits per heavy atom. The zero-order valence-corrected chi connectivity index (χ0v) is 7.81. The Balaban J connectivity index is 2.16. The summed E-state index contributed by atoms with van der Waals surface area (Å²) in [4.78, 5) is 1.24. The second-order valence-corrected chi connectivity index (χ2v) is 3.42. The first-order chi connectivity index (χ1) is 5.93. The van der Waals surface area contributed by atoms with Crippen LogP contribution in [0.3, 0.4) is 0 Å². The molecule has 2 nitrogen and oxygen atoms in total. The fourth-order valence-corrected chi connectivity index (χ4v) is 1.50. The summed E-state index contributed by atoms with van der Waals surface area (Å²) in [7, 11) is 0. The molecule has 0 aromatic heterocycles. The van der Waals surface area contributed by atoms with Gasteiger partial charge in [-0.1, -0.05) is 18.2 Å². The second-order valence-electron chi connectivity index (χ2n) is 2.45. The lowest BCUT2D eigenvalue weighted by Crippen LogP contribution is -2.10. The molecule has 0 aliphatic heterocycles. The summed E-state index contributed by atoms with van der Waals surface area (Å²) < 4.78 is 3.24. The first-order valence-electron chi connectivity index (χ1n) is 4.08. The van der Waals surface area contributed by atoms with Crippen LogP contribution in [0.15, 0.2) is 35.2 Å². The molecular formula is C9H14N2S. The molecule has 0 saturated heterocycles. The average molecular weight is 182 g/mol. The summed E-state index contributed by atoms with van der Waals surface area (Å²) in [6.45, 7) is 1.72. The zero-order chi connectivity index (χ0) is 8.65. The molecule has 0 heterocycles. The quantitative estimate of drug-likeness (QED) is 0.537. The molecule has 3 heteroatoms. The van der Waals surface area contributed by atoms with E-state index in [1.807, 2.05) is 18.2 Å². The highest BCUT2D eigenvalue weighted by Crippen LogP contribution is 2.12. The number of rotatable bonds is 5. The van der Waals surface area contributed by atoms with Gasteiger partial charge in [0, 0.05) is 11.4 Å². The minimum atomic E-state index is 0.752. The monoisotopic (exact) mass is 182 g/mol. The van der Waals surface area contributed by atoms with Crippen molar-refractivity contribution < 1.29 is 0 Å². The van der Waals surface area contributed by atoms with E-state index in [0.29, 0.717) is 0 Å². The molecule has 1 aromatic rings. The Hall–Kier alpha value is -0.510. The molecule has 1 rings (SSSR count). The lowest BCUT2D eigenvalue weighted by atomic mass is 10.4. The molecule has 0 unspecified atom stereocenters. The smallest absolute Gasteiger partial charge is 0.0228 e. The number of hydrogen-bond acceptors (Lipinski definition) is 3. The number of benzene rings is 1. The SMILES string of the molecule is NCCCNSc1ccccc1. The predicted molar refractivity (Wildman–Crippen MR) is 54.0 cm³/mol. The first-order valence-corrected chi connectivity index (χ1v) is 4.90. The molecule has 0 aliphatic rings. The van der Waals surface area contributed by atoms with Gasteiger partial charge in [-0.05, 0) is 37.0 Å². The molecule has 0 aliphatic carbocycles. The second kappa shape index (κ2) is 6.06. The van der Waals surface area contributed by atoms with Gasteiger partial charge in [-0.25, -0.2) is 0 Å². The van der Waals surface area contributed by atoms with Crippen molar-refractivity contribution in [3.8, 4) is 0 Å². The summed E-state index contributed by atoms with van der Waals surface area (Å²) in [5.41, 5.74) is 5.36. The van der Waals surface area contributed by atoms with Gasteiger partial charge in [0.05, 0.1) is 0 Å². The minimum absolute atomic E-state index is 0.752. The molecule has 0 bridgehead atoms. The van der Waals surface area contributed by atoms with Gasteiger partial charge in [-0.3, -0.25) is 4.72 Å². The van der Waals surface area contributed by atoms with Gasteiger partial charge in [0.1, 0.15) is 0 Å². The van der Waals surface area contributed by atoms with Crippen LogP contribution in [0.5, 0.6) is 0 Å². The van der Waals surface area contributed by atoms with Crippen molar-refractivity contribution in [1.82, 2.24) is 4.72 Å². The van der Waals surface area contributed by atoms with Crippen LogP contribution in [0.25, 0.3) is 0 Å². The number of nitrogens with one attached hydrogen (secondary N) is 1. The van der Waals surface area contributed by atoms with E-state index in [9.17, 15) is 0 Å². The molecule has 0 saturated carbocycles. The van der Waals surface area contributed by atoms with Crippen LogP contribution in [0.2, 0.25) is 0 Å². The van der Waals surface area contributed by atoms with Gasteiger partial charge in [-0.15, -0.1) is 0 Å². The largest absolute Gasteiger partial charge is 0.330 e. The third kappa shape index (κ3) is 3.76. The summed E-state index contributed by atoms with van der Waals surface area (Å²) in [6, 6.07) is 10.3. The highest BCUT2D eigenvalue weighted by molar-refractivity contribution is 7.97. The van der Waals surface area contributed by atoms with Crippen molar-refractivity contribution >= 4 is 11.9 Å². The Morgan fingerprint density at radius 2 is 2.00 bits per heavy atom. The van der Waals surface area contributed by atoms with Crippen LogP contribution in [-0.4, -0.2) is 13.1 Å². The van der Waals surface area contributed by atoms with Crippen molar-refractivity contribution in [2.75, 3.05) is 13.1 Å². The van der Waals surface area contributed by atoms with Crippen molar-refractivity contribution in [3.05, 3.63) is 30.3 Å². The van der Waals surface area contributed by atoms with E-state index in [2.05, 4.69) is 16.9 Å². The van der Waals surface area contributed by atoms with E-state index in [0.717, 1.165) is 19.5 Å². The molecule has 0 fully saturated rings.